The fourth-order valence-electron chi connectivity index (χ4n) is 1.98. The van der Waals surface area contributed by atoms with E-state index in [1.165, 1.54) is 0 Å². The second kappa shape index (κ2) is 6.74. The third kappa shape index (κ3) is 4.11. The maximum Gasteiger partial charge on any atom is 0.317 e. The van der Waals surface area contributed by atoms with Crippen LogP contribution in [0.15, 0.2) is 24.4 Å². The maximum absolute atomic E-state index is 11.8. The second-order valence-corrected chi connectivity index (χ2v) is 4.52. The van der Waals surface area contributed by atoms with E-state index in [1.807, 2.05) is 12.1 Å². The molecule has 2 heterocycles. The Kier molecular flexibility index (Phi) is 4.75. The maximum atomic E-state index is 11.8. The summed E-state index contributed by atoms with van der Waals surface area (Å²) in [6.07, 6.45) is 2.24. The van der Waals surface area contributed by atoms with Gasteiger partial charge in [0.25, 0.3) is 0 Å². The van der Waals surface area contributed by atoms with Crippen LogP contribution in [0.5, 0.6) is 5.88 Å². The molecule has 108 valence electrons. The van der Waals surface area contributed by atoms with Crippen molar-refractivity contribution < 1.29 is 19.4 Å². The number of aliphatic carboxylic acids is 1. The van der Waals surface area contributed by atoms with Gasteiger partial charge in [-0.3, -0.25) is 4.79 Å². The number of carboxylic acid groups (broad SMARTS) is 1. The zero-order chi connectivity index (χ0) is 14.4. The van der Waals surface area contributed by atoms with Crippen LogP contribution in [0.4, 0.5) is 4.79 Å². The number of likely N-dealkylation sites (tertiary alicyclic amines) is 1. The van der Waals surface area contributed by atoms with E-state index < -0.39 is 5.97 Å². The Labute approximate surface area is 116 Å². The minimum Gasteiger partial charge on any atom is -0.481 e. The minimum absolute atomic E-state index is 0.0740. The van der Waals surface area contributed by atoms with Crippen LogP contribution in [0.2, 0.25) is 0 Å². The van der Waals surface area contributed by atoms with E-state index in [4.69, 9.17) is 9.84 Å². The Bertz CT molecular complexity index is 466. The summed E-state index contributed by atoms with van der Waals surface area (Å²) in [7, 11) is 0. The van der Waals surface area contributed by atoms with E-state index in [0.717, 1.165) is 6.42 Å². The molecule has 2 rings (SSSR count). The predicted octanol–water partition coefficient (Wildman–Crippen LogP) is 0.719. The molecule has 0 spiro atoms. The number of nitrogens with one attached hydrogen (secondary N) is 1. The van der Waals surface area contributed by atoms with Gasteiger partial charge in [0.15, 0.2) is 0 Å². The molecular formula is C13H17N3O4. The fourth-order valence-corrected chi connectivity index (χ4v) is 1.98. The molecule has 0 aromatic carbocycles. The lowest BCUT2D eigenvalue weighted by Gasteiger charge is -2.17. The molecule has 1 atom stereocenters. The highest BCUT2D eigenvalue weighted by molar-refractivity contribution is 5.75. The van der Waals surface area contributed by atoms with Crippen molar-refractivity contribution in [1.82, 2.24) is 15.2 Å². The van der Waals surface area contributed by atoms with Gasteiger partial charge >= 0.3 is 12.0 Å². The number of amides is 2. The van der Waals surface area contributed by atoms with Crippen molar-refractivity contribution in [1.29, 1.82) is 0 Å². The Morgan fingerprint density at radius 1 is 1.50 bits per heavy atom. The van der Waals surface area contributed by atoms with E-state index in [-0.39, 0.29) is 25.1 Å². The summed E-state index contributed by atoms with van der Waals surface area (Å²) < 4.78 is 5.67. The summed E-state index contributed by atoms with van der Waals surface area (Å²) in [4.78, 5) is 27.8. The highest BCUT2D eigenvalue weighted by atomic mass is 16.5. The molecule has 20 heavy (non-hydrogen) atoms. The first kappa shape index (κ1) is 14.1. The standard InChI is InChI=1S/C13H17N3O4/c17-12(18)4-7-15-13(19)16-8-5-10(9-16)20-11-3-1-2-6-14-11/h1-3,6,10H,4-5,7-9H2,(H,15,19)(H,17,18). The number of carbonyl (C=O) groups is 2. The Hall–Kier alpha value is -2.31. The van der Waals surface area contributed by atoms with Gasteiger partial charge in [-0.25, -0.2) is 9.78 Å². The number of hydrogen-bond donors (Lipinski definition) is 2. The fraction of sp³-hybridized carbons (Fsp3) is 0.462. The van der Waals surface area contributed by atoms with Crippen LogP contribution in [0.25, 0.3) is 0 Å². The van der Waals surface area contributed by atoms with E-state index >= 15 is 0 Å². The van der Waals surface area contributed by atoms with Gasteiger partial charge in [0, 0.05) is 31.8 Å². The van der Waals surface area contributed by atoms with Gasteiger partial charge in [0.05, 0.1) is 13.0 Å². The molecule has 7 heteroatoms. The van der Waals surface area contributed by atoms with Crippen molar-refractivity contribution in [3.05, 3.63) is 24.4 Å². The molecule has 0 aliphatic carbocycles. The number of carbonyl (C=O) groups excluding carboxylic acids is 1. The number of ether oxygens (including phenoxy) is 1. The number of rotatable bonds is 5. The highest BCUT2D eigenvalue weighted by Gasteiger charge is 2.27. The van der Waals surface area contributed by atoms with Crippen molar-refractivity contribution in [2.75, 3.05) is 19.6 Å². The Balaban J connectivity index is 1.74. The number of hydrogen-bond acceptors (Lipinski definition) is 4. The number of carboxylic acids is 1. The normalized spacial score (nSPS) is 17.8. The van der Waals surface area contributed by atoms with Gasteiger partial charge in [-0.1, -0.05) is 6.07 Å². The lowest BCUT2D eigenvalue weighted by atomic mass is 10.3. The van der Waals surface area contributed by atoms with Crippen LogP contribution in [0, 0.1) is 0 Å². The summed E-state index contributed by atoms with van der Waals surface area (Å²) in [5, 5.41) is 11.1. The van der Waals surface area contributed by atoms with E-state index in [0.29, 0.717) is 19.0 Å². The molecular weight excluding hydrogens is 262 g/mol. The molecule has 2 N–H and O–H groups in total. The monoisotopic (exact) mass is 279 g/mol. The number of aromatic nitrogens is 1. The summed E-state index contributed by atoms with van der Waals surface area (Å²) in [6, 6.07) is 5.17. The first-order chi connectivity index (χ1) is 9.65. The average molecular weight is 279 g/mol. The van der Waals surface area contributed by atoms with E-state index in [2.05, 4.69) is 10.3 Å². The highest BCUT2D eigenvalue weighted by Crippen LogP contribution is 2.15. The number of pyridine rings is 1. The molecule has 1 aromatic rings. The molecule has 1 aliphatic heterocycles. The van der Waals surface area contributed by atoms with Crippen LogP contribution in [-0.4, -0.2) is 52.7 Å². The molecule has 0 radical (unpaired) electrons. The van der Waals surface area contributed by atoms with Crippen molar-refractivity contribution in [2.45, 2.75) is 18.9 Å². The topological polar surface area (TPSA) is 91.8 Å². The quantitative estimate of drug-likeness (QED) is 0.828. The second-order valence-electron chi connectivity index (χ2n) is 4.52. The molecule has 0 saturated carbocycles. The Morgan fingerprint density at radius 3 is 3.05 bits per heavy atom. The third-order valence-electron chi connectivity index (χ3n) is 2.97. The molecule has 7 nitrogen and oxygen atoms in total. The van der Waals surface area contributed by atoms with Crippen LogP contribution >= 0.6 is 0 Å². The van der Waals surface area contributed by atoms with Crippen molar-refractivity contribution in [3.63, 3.8) is 0 Å². The summed E-state index contributed by atoms with van der Waals surface area (Å²) in [5.41, 5.74) is 0. The van der Waals surface area contributed by atoms with Crippen LogP contribution < -0.4 is 10.1 Å². The lowest BCUT2D eigenvalue weighted by Crippen LogP contribution is -2.40. The van der Waals surface area contributed by atoms with Gasteiger partial charge in [-0.05, 0) is 6.07 Å². The van der Waals surface area contributed by atoms with Crippen LogP contribution in [0.1, 0.15) is 12.8 Å². The first-order valence-electron chi connectivity index (χ1n) is 6.47. The number of nitrogens with zero attached hydrogens (tertiary/aromatic N) is 2. The Morgan fingerprint density at radius 2 is 2.35 bits per heavy atom. The third-order valence-corrected chi connectivity index (χ3v) is 2.97. The summed E-state index contributed by atoms with van der Waals surface area (Å²) >= 11 is 0. The largest absolute Gasteiger partial charge is 0.481 e. The molecule has 2 amide bonds. The average Bonchev–Trinajstić information content (AvgIpc) is 2.88. The van der Waals surface area contributed by atoms with Gasteiger partial charge in [-0.2, -0.15) is 0 Å². The molecule has 1 aromatic heterocycles. The zero-order valence-corrected chi connectivity index (χ0v) is 11.0. The zero-order valence-electron chi connectivity index (χ0n) is 11.0. The molecule has 1 aliphatic rings. The van der Waals surface area contributed by atoms with Gasteiger partial charge in [0.2, 0.25) is 5.88 Å². The van der Waals surface area contributed by atoms with Crippen molar-refractivity contribution in [3.8, 4) is 5.88 Å². The lowest BCUT2D eigenvalue weighted by molar-refractivity contribution is -0.136. The summed E-state index contributed by atoms with van der Waals surface area (Å²) in [6.45, 7) is 1.21. The van der Waals surface area contributed by atoms with Gasteiger partial charge in [0.1, 0.15) is 6.10 Å². The SMILES string of the molecule is O=C(O)CCNC(=O)N1CCC(Oc2ccccn2)C1. The minimum atomic E-state index is -0.928. The van der Waals surface area contributed by atoms with E-state index in [9.17, 15) is 9.59 Å². The summed E-state index contributed by atoms with van der Waals surface area (Å²) in [5.74, 6) is -0.381. The van der Waals surface area contributed by atoms with Crippen molar-refractivity contribution >= 4 is 12.0 Å². The van der Waals surface area contributed by atoms with Gasteiger partial charge in [-0.15, -0.1) is 0 Å². The van der Waals surface area contributed by atoms with Crippen molar-refractivity contribution in [2.24, 2.45) is 0 Å². The molecule has 1 fully saturated rings. The van der Waals surface area contributed by atoms with E-state index in [1.54, 1.807) is 17.2 Å². The van der Waals surface area contributed by atoms with Crippen LogP contribution in [-0.2, 0) is 4.79 Å². The molecule has 1 saturated heterocycles. The number of urea groups is 1. The van der Waals surface area contributed by atoms with Crippen LogP contribution in [0.3, 0.4) is 0 Å². The smallest absolute Gasteiger partial charge is 0.317 e. The molecule has 0 bridgehead atoms. The molecule has 1 unspecified atom stereocenters. The predicted molar refractivity (Wildman–Crippen MR) is 70.5 cm³/mol. The van der Waals surface area contributed by atoms with Gasteiger partial charge < -0.3 is 20.1 Å². The first-order valence-corrected chi connectivity index (χ1v) is 6.47.